The number of ether oxygens (including phenoxy) is 1. The third-order valence-corrected chi connectivity index (χ3v) is 5.46. The van der Waals surface area contributed by atoms with Gasteiger partial charge in [0.1, 0.15) is 0 Å². The number of hydrogen-bond acceptors (Lipinski definition) is 2. The lowest BCUT2D eigenvalue weighted by Crippen LogP contribution is -2.46. The molecule has 2 atom stereocenters. The Kier molecular flexibility index (Phi) is 3.35. The monoisotopic (exact) mass is 251 g/mol. The molecule has 0 saturated heterocycles. The molecule has 4 fully saturated rings. The molecule has 4 saturated carbocycles. The van der Waals surface area contributed by atoms with Gasteiger partial charge in [0.15, 0.2) is 0 Å². The van der Waals surface area contributed by atoms with Gasteiger partial charge in [-0.15, -0.1) is 0 Å². The number of carbonyl (C=O) groups is 1. The molecule has 4 rings (SSSR count). The van der Waals surface area contributed by atoms with Gasteiger partial charge >= 0.3 is 0 Å². The van der Waals surface area contributed by atoms with Crippen LogP contribution in [0.3, 0.4) is 0 Å². The standard InChI is InChI=1S/C15H25NO2/c1-18-5-4-16-14(17)15-3-2-11-6-12(9-15)8-13(7-11)10-15/h11-13H,2-10H2,1H3,(H,16,17). The van der Waals surface area contributed by atoms with E-state index < -0.39 is 0 Å². The zero-order valence-electron chi connectivity index (χ0n) is 11.4. The number of hydrogen-bond donors (Lipinski definition) is 1. The van der Waals surface area contributed by atoms with E-state index in [-0.39, 0.29) is 5.41 Å². The molecule has 1 amide bonds. The minimum atomic E-state index is -0.0213. The Labute approximate surface area is 110 Å². The van der Waals surface area contributed by atoms with E-state index in [0.717, 1.165) is 37.0 Å². The topological polar surface area (TPSA) is 38.3 Å². The molecule has 102 valence electrons. The summed E-state index contributed by atoms with van der Waals surface area (Å²) < 4.78 is 5.02. The van der Waals surface area contributed by atoms with Crippen LogP contribution in [0.25, 0.3) is 0 Å². The van der Waals surface area contributed by atoms with Crippen LogP contribution in [-0.4, -0.2) is 26.2 Å². The SMILES string of the molecule is COCCNC(=O)C12CCC3CC(CC(C3)C1)C2. The molecule has 3 heteroatoms. The van der Waals surface area contributed by atoms with E-state index in [1.54, 1.807) is 7.11 Å². The van der Waals surface area contributed by atoms with E-state index in [0.29, 0.717) is 19.1 Å². The van der Waals surface area contributed by atoms with Crippen molar-refractivity contribution in [2.24, 2.45) is 23.2 Å². The Morgan fingerprint density at radius 3 is 2.56 bits per heavy atom. The number of nitrogens with one attached hydrogen (secondary N) is 1. The predicted molar refractivity (Wildman–Crippen MR) is 70.1 cm³/mol. The van der Waals surface area contributed by atoms with Gasteiger partial charge in [-0.3, -0.25) is 4.79 Å². The van der Waals surface area contributed by atoms with E-state index in [1.165, 1.54) is 25.7 Å². The Morgan fingerprint density at radius 2 is 1.89 bits per heavy atom. The molecule has 0 radical (unpaired) electrons. The van der Waals surface area contributed by atoms with Gasteiger partial charge in [-0.25, -0.2) is 0 Å². The average Bonchev–Trinajstić information content (AvgIpc) is 2.55. The van der Waals surface area contributed by atoms with Crippen molar-refractivity contribution in [3.63, 3.8) is 0 Å². The number of amides is 1. The van der Waals surface area contributed by atoms with Gasteiger partial charge in [0.25, 0.3) is 0 Å². The van der Waals surface area contributed by atoms with Crippen molar-refractivity contribution < 1.29 is 9.53 Å². The molecule has 0 spiro atoms. The highest BCUT2D eigenvalue weighted by Gasteiger charge is 2.51. The maximum Gasteiger partial charge on any atom is 0.226 e. The highest BCUT2D eigenvalue weighted by molar-refractivity contribution is 5.82. The fraction of sp³-hybridized carbons (Fsp3) is 0.933. The lowest BCUT2D eigenvalue weighted by Gasteiger charge is -2.44. The number of carbonyl (C=O) groups excluding carboxylic acids is 1. The van der Waals surface area contributed by atoms with Crippen LogP contribution in [0.5, 0.6) is 0 Å². The molecule has 0 aromatic rings. The largest absolute Gasteiger partial charge is 0.383 e. The van der Waals surface area contributed by atoms with Crippen molar-refractivity contribution in [2.75, 3.05) is 20.3 Å². The average molecular weight is 251 g/mol. The van der Waals surface area contributed by atoms with Crippen molar-refractivity contribution in [3.05, 3.63) is 0 Å². The van der Waals surface area contributed by atoms with Crippen LogP contribution in [0.4, 0.5) is 0 Å². The summed E-state index contributed by atoms with van der Waals surface area (Å²) >= 11 is 0. The van der Waals surface area contributed by atoms with E-state index >= 15 is 0 Å². The number of methoxy groups -OCH3 is 1. The molecular weight excluding hydrogens is 226 g/mol. The second-order valence-corrected chi connectivity index (χ2v) is 6.78. The summed E-state index contributed by atoms with van der Waals surface area (Å²) in [5, 5.41) is 3.10. The van der Waals surface area contributed by atoms with Crippen LogP contribution in [0, 0.1) is 23.2 Å². The van der Waals surface area contributed by atoms with Gasteiger partial charge in [-0.1, -0.05) is 0 Å². The summed E-state index contributed by atoms with van der Waals surface area (Å²) in [6.45, 7) is 1.28. The normalized spacial score (nSPS) is 41.7. The molecule has 3 nitrogen and oxygen atoms in total. The van der Waals surface area contributed by atoms with Crippen LogP contribution in [0.2, 0.25) is 0 Å². The predicted octanol–water partition coefficient (Wildman–Crippen LogP) is 2.36. The van der Waals surface area contributed by atoms with Gasteiger partial charge < -0.3 is 10.1 Å². The fourth-order valence-electron chi connectivity index (χ4n) is 4.90. The first-order valence-corrected chi connectivity index (χ1v) is 7.49. The van der Waals surface area contributed by atoms with Crippen molar-refractivity contribution in [1.29, 1.82) is 0 Å². The van der Waals surface area contributed by atoms with Crippen molar-refractivity contribution in [2.45, 2.75) is 44.9 Å². The van der Waals surface area contributed by atoms with Crippen molar-refractivity contribution >= 4 is 5.91 Å². The van der Waals surface area contributed by atoms with Crippen LogP contribution in [0.15, 0.2) is 0 Å². The lowest BCUT2D eigenvalue weighted by atomic mass is 9.61. The summed E-state index contributed by atoms with van der Waals surface area (Å²) in [4.78, 5) is 12.6. The quantitative estimate of drug-likeness (QED) is 0.779. The Balaban J connectivity index is 1.71. The highest BCUT2D eigenvalue weighted by atomic mass is 16.5. The smallest absolute Gasteiger partial charge is 0.226 e. The Hall–Kier alpha value is -0.570. The van der Waals surface area contributed by atoms with Crippen molar-refractivity contribution in [3.8, 4) is 0 Å². The second-order valence-electron chi connectivity index (χ2n) is 6.78. The molecule has 18 heavy (non-hydrogen) atoms. The molecule has 0 aromatic heterocycles. The van der Waals surface area contributed by atoms with Crippen LogP contribution in [0.1, 0.15) is 44.9 Å². The molecule has 0 aliphatic heterocycles. The maximum atomic E-state index is 12.6. The van der Waals surface area contributed by atoms with E-state index in [2.05, 4.69) is 5.32 Å². The molecular formula is C15H25NO2. The summed E-state index contributed by atoms with van der Waals surface area (Å²) in [7, 11) is 1.68. The van der Waals surface area contributed by atoms with Crippen LogP contribution in [-0.2, 0) is 9.53 Å². The zero-order valence-corrected chi connectivity index (χ0v) is 11.4. The summed E-state index contributed by atoms with van der Waals surface area (Å²) in [6, 6.07) is 0. The number of fused-ring (bicyclic) bond motifs is 1. The molecule has 0 aromatic carbocycles. The number of rotatable bonds is 4. The Bertz CT molecular complexity index is 314. The first-order chi connectivity index (χ1) is 8.72. The van der Waals surface area contributed by atoms with Gasteiger partial charge in [-0.2, -0.15) is 0 Å². The lowest BCUT2D eigenvalue weighted by molar-refractivity contribution is -0.135. The molecule has 0 heterocycles. The minimum Gasteiger partial charge on any atom is -0.383 e. The third-order valence-electron chi connectivity index (χ3n) is 5.46. The van der Waals surface area contributed by atoms with Gasteiger partial charge in [0, 0.05) is 19.1 Å². The van der Waals surface area contributed by atoms with E-state index in [1.807, 2.05) is 0 Å². The molecule has 1 N–H and O–H groups in total. The minimum absolute atomic E-state index is 0.0213. The molecule has 4 bridgehead atoms. The third kappa shape index (κ3) is 2.18. The summed E-state index contributed by atoms with van der Waals surface area (Å²) in [5.41, 5.74) is -0.0213. The van der Waals surface area contributed by atoms with Gasteiger partial charge in [0.2, 0.25) is 5.91 Å². The maximum absolute atomic E-state index is 12.6. The zero-order chi connectivity index (χ0) is 12.6. The van der Waals surface area contributed by atoms with E-state index in [9.17, 15) is 4.79 Å². The van der Waals surface area contributed by atoms with Crippen LogP contribution >= 0.6 is 0 Å². The second kappa shape index (κ2) is 4.84. The highest BCUT2D eigenvalue weighted by Crippen LogP contribution is 2.57. The first-order valence-electron chi connectivity index (χ1n) is 7.49. The fourth-order valence-corrected chi connectivity index (χ4v) is 4.90. The van der Waals surface area contributed by atoms with Gasteiger partial charge in [0.05, 0.1) is 6.61 Å². The molecule has 2 unspecified atom stereocenters. The van der Waals surface area contributed by atoms with Crippen LogP contribution < -0.4 is 5.32 Å². The Morgan fingerprint density at radius 1 is 1.22 bits per heavy atom. The van der Waals surface area contributed by atoms with Crippen molar-refractivity contribution in [1.82, 2.24) is 5.32 Å². The summed E-state index contributed by atoms with van der Waals surface area (Å²) in [5.74, 6) is 2.90. The first kappa shape index (κ1) is 12.5. The van der Waals surface area contributed by atoms with E-state index in [4.69, 9.17) is 4.74 Å². The summed E-state index contributed by atoms with van der Waals surface area (Å²) in [6.07, 6.45) is 8.89. The molecule has 4 aliphatic carbocycles. The van der Waals surface area contributed by atoms with Gasteiger partial charge in [-0.05, 0) is 62.7 Å². The molecule has 4 aliphatic rings.